The number of aryl methyl sites for hydroxylation is 1. The summed E-state index contributed by atoms with van der Waals surface area (Å²) < 4.78 is 10.5. The summed E-state index contributed by atoms with van der Waals surface area (Å²) in [5.41, 5.74) is 3.10. The van der Waals surface area contributed by atoms with E-state index in [1.165, 1.54) is 6.92 Å². The molecule has 29 heavy (non-hydrogen) atoms. The number of carbonyl (C=O) groups is 3. The summed E-state index contributed by atoms with van der Waals surface area (Å²) in [7, 11) is 0. The van der Waals surface area contributed by atoms with E-state index in [1.54, 1.807) is 35.2 Å². The standard InChI is InChI=1S/C21H21N3O5/c1-13(25)24-8-2-3-15-5-6-16(10-17(15)24)23-21(27)20(26)22-11-14-4-7-18-19(9-14)29-12-28-18/h4-7,9-10H,2-3,8,11-12H2,1H3,(H,22,26)(H,23,27). The maximum atomic E-state index is 12.3. The lowest BCUT2D eigenvalue weighted by atomic mass is 10.0. The van der Waals surface area contributed by atoms with Crippen molar-refractivity contribution >= 4 is 29.1 Å². The number of benzene rings is 2. The van der Waals surface area contributed by atoms with Gasteiger partial charge in [-0.1, -0.05) is 12.1 Å². The molecule has 2 heterocycles. The molecule has 0 fully saturated rings. The van der Waals surface area contributed by atoms with Gasteiger partial charge >= 0.3 is 11.8 Å². The van der Waals surface area contributed by atoms with Gasteiger partial charge in [-0.15, -0.1) is 0 Å². The average molecular weight is 395 g/mol. The van der Waals surface area contributed by atoms with Gasteiger partial charge in [-0.25, -0.2) is 0 Å². The Labute approximate surface area is 167 Å². The third-order valence-electron chi connectivity index (χ3n) is 4.94. The Bertz CT molecular complexity index is 988. The lowest BCUT2D eigenvalue weighted by Crippen LogP contribution is -2.35. The van der Waals surface area contributed by atoms with Crippen molar-refractivity contribution < 1.29 is 23.9 Å². The van der Waals surface area contributed by atoms with Gasteiger partial charge in [0.1, 0.15) is 0 Å². The number of anilines is 2. The number of carbonyl (C=O) groups excluding carboxylic acids is 3. The minimum atomic E-state index is -0.768. The second-order valence-electron chi connectivity index (χ2n) is 6.94. The van der Waals surface area contributed by atoms with Crippen molar-refractivity contribution in [3.05, 3.63) is 47.5 Å². The molecule has 2 aliphatic rings. The second kappa shape index (κ2) is 7.83. The molecule has 0 unspecified atom stereocenters. The lowest BCUT2D eigenvalue weighted by Gasteiger charge is -2.29. The van der Waals surface area contributed by atoms with Crippen molar-refractivity contribution in [2.75, 3.05) is 23.6 Å². The number of hydrogen-bond donors (Lipinski definition) is 2. The van der Waals surface area contributed by atoms with Crippen molar-refractivity contribution in [3.63, 3.8) is 0 Å². The first-order valence-electron chi connectivity index (χ1n) is 9.40. The third kappa shape index (κ3) is 4.01. The fourth-order valence-electron chi connectivity index (χ4n) is 3.48. The molecule has 150 valence electrons. The zero-order valence-corrected chi connectivity index (χ0v) is 16.0. The Kier molecular flexibility index (Phi) is 5.07. The molecular weight excluding hydrogens is 374 g/mol. The largest absolute Gasteiger partial charge is 0.454 e. The Hall–Kier alpha value is -3.55. The van der Waals surface area contributed by atoms with Gasteiger partial charge in [0.15, 0.2) is 11.5 Å². The molecule has 0 bridgehead atoms. The van der Waals surface area contributed by atoms with Gasteiger partial charge in [0.05, 0.1) is 0 Å². The van der Waals surface area contributed by atoms with Crippen LogP contribution < -0.4 is 25.0 Å². The van der Waals surface area contributed by atoms with Crippen molar-refractivity contribution in [2.24, 2.45) is 0 Å². The molecule has 2 N–H and O–H groups in total. The van der Waals surface area contributed by atoms with E-state index in [4.69, 9.17) is 9.47 Å². The third-order valence-corrected chi connectivity index (χ3v) is 4.94. The maximum Gasteiger partial charge on any atom is 0.313 e. The maximum absolute atomic E-state index is 12.3. The summed E-state index contributed by atoms with van der Waals surface area (Å²) in [5.74, 6) is -0.286. The number of amides is 3. The van der Waals surface area contributed by atoms with Gasteiger partial charge in [-0.2, -0.15) is 0 Å². The first kappa shape index (κ1) is 18.8. The van der Waals surface area contributed by atoms with Gasteiger partial charge < -0.3 is 25.0 Å². The zero-order valence-electron chi connectivity index (χ0n) is 16.0. The molecule has 0 spiro atoms. The van der Waals surface area contributed by atoms with Crippen LogP contribution in [0, 0.1) is 0 Å². The van der Waals surface area contributed by atoms with E-state index in [0.29, 0.717) is 23.7 Å². The van der Waals surface area contributed by atoms with Crippen LogP contribution in [0.3, 0.4) is 0 Å². The Morgan fingerprint density at radius 1 is 1.03 bits per heavy atom. The minimum absolute atomic E-state index is 0.0455. The van der Waals surface area contributed by atoms with E-state index in [1.807, 2.05) is 6.07 Å². The SMILES string of the molecule is CC(=O)N1CCCc2ccc(NC(=O)C(=O)NCc3ccc4c(c3)OCO4)cc21. The van der Waals surface area contributed by atoms with E-state index in [9.17, 15) is 14.4 Å². The normalized spacial score (nSPS) is 14.2. The van der Waals surface area contributed by atoms with Crippen LogP contribution >= 0.6 is 0 Å². The first-order valence-corrected chi connectivity index (χ1v) is 9.40. The summed E-state index contributed by atoms with van der Waals surface area (Å²) in [5, 5.41) is 5.18. The van der Waals surface area contributed by atoms with Crippen LogP contribution in [0.4, 0.5) is 11.4 Å². The number of nitrogens with one attached hydrogen (secondary N) is 2. The predicted octanol–water partition coefficient (Wildman–Crippen LogP) is 1.97. The molecule has 2 aromatic carbocycles. The Balaban J connectivity index is 1.38. The number of nitrogens with zero attached hydrogens (tertiary/aromatic N) is 1. The van der Waals surface area contributed by atoms with Crippen molar-refractivity contribution in [3.8, 4) is 11.5 Å². The molecule has 0 aliphatic carbocycles. The molecule has 0 aromatic heterocycles. The minimum Gasteiger partial charge on any atom is -0.454 e. The predicted molar refractivity (Wildman–Crippen MR) is 106 cm³/mol. The summed E-state index contributed by atoms with van der Waals surface area (Å²) in [4.78, 5) is 38.0. The van der Waals surface area contributed by atoms with Crippen LogP contribution in [0.1, 0.15) is 24.5 Å². The molecule has 0 saturated heterocycles. The number of ether oxygens (including phenoxy) is 2. The molecule has 3 amide bonds. The number of fused-ring (bicyclic) bond motifs is 2. The number of hydrogen-bond acceptors (Lipinski definition) is 5. The first-order chi connectivity index (χ1) is 14.0. The van der Waals surface area contributed by atoms with Crippen LogP contribution in [-0.4, -0.2) is 31.1 Å². The summed E-state index contributed by atoms with van der Waals surface area (Å²) >= 11 is 0. The van der Waals surface area contributed by atoms with Crippen molar-refractivity contribution in [2.45, 2.75) is 26.3 Å². The van der Waals surface area contributed by atoms with Gasteiger partial charge in [0.2, 0.25) is 12.7 Å². The molecule has 8 nitrogen and oxygen atoms in total. The van der Waals surface area contributed by atoms with Crippen LogP contribution in [0.2, 0.25) is 0 Å². The fourth-order valence-corrected chi connectivity index (χ4v) is 3.48. The van der Waals surface area contributed by atoms with E-state index >= 15 is 0 Å². The molecule has 4 rings (SSSR count). The van der Waals surface area contributed by atoms with Crippen LogP contribution in [0.5, 0.6) is 11.5 Å². The van der Waals surface area contributed by atoms with Crippen LogP contribution in [-0.2, 0) is 27.3 Å². The van der Waals surface area contributed by atoms with Gasteiger partial charge in [0.25, 0.3) is 0 Å². The fraction of sp³-hybridized carbons (Fsp3) is 0.286. The highest BCUT2D eigenvalue weighted by molar-refractivity contribution is 6.39. The molecule has 0 radical (unpaired) electrons. The number of rotatable bonds is 3. The molecule has 2 aliphatic heterocycles. The zero-order chi connectivity index (χ0) is 20.4. The monoisotopic (exact) mass is 395 g/mol. The van der Waals surface area contributed by atoms with Crippen molar-refractivity contribution in [1.82, 2.24) is 5.32 Å². The summed E-state index contributed by atoms with van der Waals surface area (Å²) in [6.07, 6.45) is 1.78. The van der Waals surface area contributed by atoms with Gasteiger partial charge in [-0.3, -0.25) is 14.4 Å². The van der Waals surface area contributed by atoms with Crippen LogP contribution in [0.15, 0.2) is 36.4 Å². The van der Waals surface area contributed by atoms with E-state index in [-0.39, 0.29) is 19.2 Å². The van der Waals surface area contributed by atoms with Crippen molar-refractivity contribution in [1.29, 1.82) is 0 Å². The van der Waals surface area contributed by atoms with Crippen LogP contribution in [0.25, 0.3) is 0 Å². The highest BCUT2D eigenvalue weighted by Crippen LogP contribution is 2.32. The van der Waals surface area contributed by atoms with E-state index in [2.05, 4.69) is 10.6 Å². The Morgan fingerprint density at radius 2 is 1.86 bits per heavy atom. The molecular formula is C21H21N3O5. The highest BCUT2D eigenvalue weighted by Gasteiger charge is 2.21. The topological polar surface area (TPSA) is 97.0 Å². The second-order valence-corrected chi connectivity index (χ2v) is 6.94. The van der Waals surface area contributed by atoms with E-state index in [0.717, 1.165) is 29.7 Å². The smallest absolute Gasteiger partial charge is 0.313 e. The average Bonchev–Trinajstić information content (AvgIpc) is 3.19. The highest BCUT2D eigenvalue weighted by atomic mass is 16.7. The van der Waals surface area contributed by atoms with E-state index < -0.39 is 11.8 Å². The molecule has 2 aromatic rings. The summed E-state index contributed by atoms with van der Waals surface area (Å²) in [6.45, 7) is 2.53. The quantitative estimate of drug-likeness (QED) is 0.775. The van der Waals surface area contributed by atoms with Gasteiger partial charge in [-0.05, 0) is 48.2 Å². The molecule has 0 atom stereocenters. The molecule has 8 heteroatoms. The summed E-state index contributed by atoms with van der Waals surface area (Å²) in [6, 6.07) is 10.7. The Morgan fingerprint density at radius 3 is 2.69 bits per heavy atom. The molecule has 0 saturated carbocycles. The van der Waals surface area contributed by atoms with Gasteiger partial charge in [0, 0.05) is 31.4 Å². The lowest BCUT2D eigenvalue weighted by molar-refractivity contribution is -0.136.